The fourth-order valence-corrected chi connectivity index (χ4v) is 2.62. The summed E-state index contributed by atoms with van der Waals surface area (Å²) in [6.07, 6.45) is 3.39. The van der Waals surface area contributed by atoms with E-state index in [4.69, 9.17) is 10.4 Å². The van der Waals surface area contributed by atoms with Crippen molar-refractivity contribution in [3.8, 4) is 0 Å². The van der Waals surface area contributed by atoms with E-state index in [1.807, 2.05) is 0 Å². The molecule has 0 radical (unpaired) electrons. The van der Waals surface area contributed by atoms with Crippen molar-refractivity contribution in [3.63, 3.8) is 0 Å². The van der Waals surface area contributed by atoms with Crippen molar-refractivity contribution in [1.82, 2.24) is 0 Å². The summed E-state index contributed by atoms with van der Waals surface area (Å²) >= 11 is 0. The highest BCUT2D eigenvalue weighted by Crippen LogP contribution is 2.31. The highest BCUT2D eigenvalue weighted by Gasteiger charge is 2.25. The summed E-state index contributed by atoms with van der Waals surface area (Å²) in [6, 6.07) is 4.15. The molecule has 0 saturated heterocycles. The zero-order valence-electron chi connectivity index (χ0n) is 8.77. The van der Waals surface area contributed by atoms with Gasteiger partial charge in [-0.15, -0.1) is 0 Å². The molecule has 2 N–H and O–H groups in total. The Bertz CT molecular complexity index is 470. The van der Waals surface area contributed by atoms with Gasteiger partial charge in [-0.05, 0) is 48.9 Å². The van der Waals surface area contributed by atoms with Gasteiger partial charge in [0.25, 0.3) is 0 Å². The fourth-order valence-electron chi connectivity index (χ4n) is 2.62. The van der Waals surface area contributed by atoms with Crippen molar-refractivity contribution in [2.75, 3.05) is 0 Å². The van der Waals surface area contributed by atoms with E-state index in [1.54, 1.807) is 0 Å². The van der Waals surface area contributed by atoms with Crippen molar-refractivity contribution in [2.24, 2.45) is 10.3 Å². The lowest BCUT2D eigenvalue weighted by molar-refractivity contribution is 0.318. The summed E-state index contributed by atoms with van der Waals surface area (Å²) in [5.74, 6) is 0. The van der Waals surface area contributed by atoms with Gasteiger partial charge in [0.15, 0.2) is 0 Å². The summed E-state index contributed by atoms with van der Waals surface area (Å²) < 4.78 is 0. The maximum absolute atomic E-state index is 8.88. The summed E-state index contributed by atoms with van der Waals surface area (Å²) in [5, 5.41) is 24.4. The van der Waals surface area contributed by atoms with Crippen LogP contribution >= 0.6 is 0 Å². The predicted octanol–water partition coefficient (Wildman–Crippen LogP) is 1.94. The Hall–Kier alpha value is -1.84. The number of rotatable bonds is 0. The summed E-state index contributed by atoms with van der Waals surface area (Å²) in [5.41, 5.74) is 6.03. The lowest BCUT2D eigenvalue weighted by atomic mass is 10.0. The molecule has 0 spiro atoms. The van der Waals surface area contributed by atoms with E-state index in [-0.39, 0.29) is 0 Å². The molecule has 0 saturated carbocycles. The molecule has 3 rings (SSSR count). The summed E-state index contributed by atoms with van der Waals surface area (Å²) in [7, 11) is 0. The molecule has 0 amide bonds. The second-order valence-electron chi connectivity index (χ2n) is 4.26. The van der Waals surface area contributed by atoms with E-state index >= 15 is 0 Å². The largest absolute Gasteiger partial charge is 0.411 e. The van der Waals surface area contributed by atoms with Crippen molar-refractivity contribution < 1.29 is 10.4 Å². The number of nitrogens with zero attached hydrogens (tertiary/aromatic N) is 2. The van der Waals surface area contributed by atoms with Crippen LogP contribution in [0.5, 0.6) is 0 Å². The topological polar surface area (TPSA) is 65.2 Å². The molecule has 2 aliphatic carbocycles. The molecule has 82 valence electrons. The van der Waals surface area contributed by atoms with E-state index in [0.717, 1.165) is 48.2 Å². The predicted molar refractivity (Wildman–Crippen MR) is 59.7 cm³/mol. The van der Waals surface area contributed by atoms with Gasteiger partial charge in [0.05, 0.1) is 11.4 Å². The van der Waals surface area contributed by atoms with Crippen LogP contribution in [0.25, 0.3) is 0 Å². The first kappa shape index (κ1) is 9.39. The Morgan fingerprint density at radius 3 is 1.56 bits per heavy atom. The van der Waals surface area contributed by atoms with Crippen LogP contribution in [0.3, 0.4) is 0 Å². The van der Waals surface area contributed by atoms with Crippen LogP contribution in [-0.4, -0.2) is 21.8 Å². The SMILES string of the molecule is O/N=C1/CCc2cc3c(cc21)CC/C3=N/O. The molecule has 16 heavy (non-hydrogen) atoms. The number of benzene rings is 1. The van der Waals surface area contributed by atoms with Gasteiger partial charge in [-0.25, -0.2) is 0 Å². The standard InChI is InChI=1S/C12H12N2O2/c15-13-11-3-1-7-5-10-8(6-9(7)11)2-4-12(10)14-16/h5-6,15-16H,1-4H2/b13-11-,14-12-. The Labute approximate surface area is 92.9 Å². The average Bonchev–Trinajstić information content (AvgIpc) is 2.88. The second kappa shape index (κ2) is 3.33. The molecule has 0 aromatic heterocycles. The average molecular weight is 216 g/mol. The molecule has 1 aromatic carbocycles. The van der Waals surface area contributed by atoms with E-state index in [0.29, 0.717) is 0 Å². The lowest BCUT2D eigenvalue weighted by Gasteiger charge is -2.04. The van der Waals surface area contributed by atoms with Crippen molar-refractivity contribution in [1.29, 1.82) is 0 Å². The normalized spacial score (nSPS) is 22.8. The molecule has 0 atom stereocenters. The van der Waals surface area contributed by atoms with E-state index < -0.39 is 0 Å². The first-order valence-electron chi connectivity index (χ1n) is 5.42. The van der Waals surface area contributed by atoms with Gasteiger partial charge < -0.3 is 10.4 Å². The second-order valence-corrected chi connectivity index (χ2v) is 4.26. The first-order chi connectivity index (χ1) is 7.83. The summed E-state index contributed by atoms with van der Waals surface area (Å²) in [4.78, 5) is 0. The zero-order valence-corrected chi connectivity index (χ0v) is 8.77. The van der Waals surface area contributed by atoms with Crippen LogP contribution < -0.4 is 0 Å². The van der Waals surface area contributed by atoms with E-state index in [2.05, 4.69) is 22.4 Å². The first-order valence-corrected chi connectivity index (χ1v) is 5.42. The molecule has 0 aliphatic heterocycles. The molecule has 0 unspecified atom stereocenters. The van der Waals surface area contributed by atoms with Gasteiger partial charge in [-0.2, -0.15) is 0 Å². The van der Waals surface area contributed by atoms with Gasteiger partial charge in [-0.1, -0.05) is 10.3 Å². The summed E-state index contributed by atoms with van der Waals surface area (Å²) in [6.45, 7) is 0. The molecule has 0 bridgehead atoms. The molecular formula is C12H12N2O2. The molecule has 0 fully saturated rings. The van der Waals surface area contributed by atoms with Gasteiger partial charge in [0, 0.05) is 11.1 Å². The molecular weight excluding hydrogens is 204 g/mol. The molecule has 1 aromatic rings. The molecule has 0 heterocycles. The molecule has 2 aliphatic rings. The smallest absolute Gasteiger partial charge is 0.0873 e. The van der Waals surface area contributed by atoms with Crippen LogP contribution in [0.2, 0.25) is 0 Å². The van der Waals surface area contributed by atoms with Gasteiger partial charge in [0.1, 0.15) is 0 Å². The third-order valence-corrected chi connectivity index (χ3v) is 3.45. The van der Waals surface area contributed by atoms with Crippen molar-refractivity contribution in [2.45, 2.75) is 25.7 Å². The third kappa shape index (κ3) is 1.16. The number of hydrogen-bond acceptors (Lipinski definition) is 4. The van der Waals surface area contributed by atoms with Crippen LogP contribution in [0.4, 0.5) is 0 Å². The van der Waals surface area contributed by atoms with Crippen LogP contribution in [0.1, 0.15) is 35.1 Å². The Balaban J connectivity index is 2.18. The van der Waals surface area contributed by atoms with Crippen molar-refractivity contribution in [3.05, 3.63) is 34.4 Å². The van der Waals surface area contributed by atoms with E-state index in [9.17, 15) is 0 Å². The lowest BCUT2D eigenvalue weighted by Crippen LogP contribution is -1.98. The van der Waals surface area contributed by atoms with Crippen molar-refractivity contribution >= 4 is 11.4 Å². The maximum Gasteiger partial charge on any atom is 0.0873 e. The van der Waals surface area contributed by atoms with Gasteiger partial charge in [0.2, 0.25) is 0 Å². The Kier molecular flexibility index (Phi) is 1.96. The number of aryl methyl sites for hydroxylation is 2. The highest BCUT2D eigenvalue weighted by atomic mass is 16.4. The maximum atomic E-state index is 8.88. The molecule has 4 nitrogen and oxygen atoms in total. The highest BCUT2D eigenvalue weighted by molar-refractivity contribution is 6.08. The zero-order chi connectivity index (χ0) is 11.1. The van der Waals surface area contributed by atoms with Crippen LogP contribution in [0.15, 0.2) is 22.4 Å². The van der Waals surface area contributed by atoms with Crippen LogP contribution in [-0.2, 0) is 12.8 Å². The minimum Gasteiger partial charge on any atom is -0.411 e. The monoisotopic (exact) mass is 216 g/mol. The van der Waals surface area contributed by atoms with E-state index in [1.165, 1.54) is 11.1 Å². The number of fused-ring (bicyclic) bond motifs is 2. The Morgan fingerprint density at radius 1 is 0.750 bits per heavy atom. The number of oxime groups is 2. The number of hydrogen-bond donors (Lipinski definition) is 2. The third-order valence-electron chi connectivity index (χ3n) is 3.45. The van der Waals surface area contributed by atoms with Gasteiger partial charge in [-0.3, -0.25) is 0 Å². The quantitative estimate of drug-likeness (QED) is 0.514. The fraction of sp³-hybridized carbons (Fsp3) is 0.333. The minimum atomic E-state index is 0.771. The Morgan fingerprint density at radius 2 is 1.19 bits per heavy atom. The van der Waals surface area contributed by atoms with Crippen LogP contribution in [0, 0.1) is 0 Å². The van der Waals surface area contributed by atoms with Gasteiger partial charge >= 0.3 is 0 Å². The molecule has 4 heteroatoms. The minimum absolute atomic E-state index is 0.771.